The van der Waals surface area contributed by atoms with Gasteiger partial charge in [0.25, 0.3) is 5.78 Å². The molecular weight excluding hydrogens is 484 g/mol. The number of phenols is 1. The van der Waals surface area contributed by atoms with E-state index in [2.05, 4.69) is 4.98 Å². The highest BCUT2D eigenvalue weighted by Gasteiger charge is 2.48. The lowest BCUT2D eigenvalue weighted by molar-refractivity contribution is -0.132. The van der Waals surface area contributed by atoms with Crippen LogP contribution in [0.1, 0.15) is 46.4 Å². The molecule has 0 radical (unpaired) electrons. The Hall–Kier alpha value is -4.18. The van der Waals surface area contributed by atoms with E-state index in [1.807, 2.05) is 6.92 Å². The number of carbonyl (C=O) groups excluding carboxylic acids is 3. The van der Waals surface area contributed by atoms with Crippen LogP contribution in [-0.2, 0) is 14.3 Å². The molecule has 2 N–H and O–H groups in total. The highest BCUT2D eigenvalue weighted by molar-refractivity contribution is 7.17. The molecule has 0 spiro atoms. The topological polar surface area (TPSA) is 126 Å². The maximum Gasteiger partial charge on any atom is 0.350 e. The highest BCUT2D eigenvalue weighted by atomic mass is 32.1. The number of rotatable bonds is 7. The Bertz CT molecular complexity index is 1360. The summed E-state index contributed by atoms with van der Waals surface area (Å²) in [6.45, 7) is 5.69. The number of esters is 1. The molecule has 1 saturated heterocycles. The number of aliphatic hydroxyl groups is 1. The molecule has 9 nitrogen and oxygen atoms in total. The molecule has 2 heterocycles. The van der Waals surface area contributed by atoms with Crippen molar-refractivity contribution in [1.82, 2.24) is 4.98 Å². The predicted octanol–water partition coefficient (Wildman–Crippen LogP) is 4.36. The minimum Gasteiger partial charge on any atom is -0.508 e. The monoisotopic (exact) mass is 508 g/mol. The van der Waals surface area contributed by atoms with E-state index in [9.17, 15) is 24.6 Å². The third kappa shape index (κ3) is 4.55. The zero-order valence-electron chi connectivity index (χ0n) is 19.8. The molecule has 1 aromatic heterocycles. The van der Waals surface area contributed by atoms with Gasteiger partial charge in [-0.05, 0) is 50.6 Å². The predicted molar refractivity (Wildman–Crippen MR) is 133 cm³/mol. The number of hydrogen-bond acceptors (Lipinski definition) is 9. The number of ketones is 1. The van der Waals surface area contributed by atoms with Crippen LogP contribution < -0.4 is 9.64 Å². The molecule has 1 unspecified atom stereocenters. The number of anilines is 1. The third-order valence-electron chi connectivity index (χ3n) is 5.52. The molecule has 2 aromatic carbocycles. The Balaban J connectivity index is 1.89. The van der Waals surface area contributed by atoms with Gasteiger partial charge in [-0.2, -0.15) is 0 Å². The number of phenolic OH excluding ortho intramolecular Hbond substituents is 1. The van der Waals surface area contributed by atoms with E-state index in [-0.39, 0.29) is 33.7 Å². The van der Waals surface area contributed by atoms with Crippen molar-refractivity contribution in [3.63, 3.8) is 0 Å². The lowest BCUT2D eigenvalue weighted by Gasteiger charge is -2.23. The van der Waals surface area contributed by atoms with Crippen molar-refractivity contribution in [2.45, 2.75) is 26.8 Å². The van der Waals surface area contributed by atoms with Crippen molar-refractivity contribution in [2.24, 2.45) is 0 Å². The number of benzene rings is 2. The molecule has 0 saturated carbocycles. The third-order valence-corrected chi connectivity index (χ3v) is 6.66. The van der Waals surface area contributed by atoms with Gasteiger partial charge >= 0.3 is 11.9 Å². The summed E-state index contributed by atoms with van der Waals surface area (Å²) < 4.78 is 10.6. The number of hydrogen-bond donors (Lipinski definition) is 2. The second-order valence-corrected chi connectivity index (χ2v) is 8.83. The zero-order chi connectivity index (χ0) is 26.0. The molecule has 1 aliphatic heterocycles. The molecule has 36 heavy (non-hydrogen) atoms. The number of Topliss-reactive ketones (excluding diaryl/α,β-unsaturated/α-hetero) is 1. The largest absolute Gasteiger partial charge is 0.508 e. The first-order chi connectivity index (χ1) is 17.3. The second kappa shape index (κ2) is 10.2. The van der Waals surface area contributed by atoms with Gasteiger partial charge in [0.05, 0.1) is 30.5 Å². The van der Waals surface area contributed by atoms with Gasteiger partial charge in [0.2, 0.25) is 0 Å². The smallest absolute Gasteiger partial charge is 0.350 e. The average molecular weight is 509 g/mol. The fourth-order valence-corrected chi connectivity index (χ4v) is 4.92. The van der Waals surface area contributed by atoms with Gasteiger partial charge in [0.15, 0.2) is 5.13 Å². The molecule has 1 amide bonds. The Morgan fingerprint density at radius 3 is 2.50 bits per heavy atom. The van der Waals surface area contributed by atoms with E-state index in [0.717, 1.165) is 16.2 Å². The van der Waals surface area contributed by atoms with Crippen molar-refractivity contribution in [1.29, 1.82) is 0 Å². The van der Waals surface area contributed by atoms with E-state index >= 15 is 0 Å². The standard InChI is InChI=1S/C26H24N2O7S/c1-4-34-18-8-6-7-16(13-18)21(30)19-20(15-9-11-17(29)12-10-15)28(24(32)22(19)31)26-27-14(3)23(36-26)25(33)35-5-2/h6-13,20,29-30H,4-5H2,1-3H3. The number of thiazole rings is 1. The van der Waals surface area contributed by atoms with Gasteiger partial charge in [-0.15, -0.1) is 0 Å². The van der Waals surface area contributed by atoms with Crippen molar-refractivity contribution in [3.8, 4) is 11.5 Å². The van der Waals surface area contributed by atoms with Gasteiger partial charge < -0.3 is 19.7 Å². The second-order valence-electron chi connectivity index (χ2n) is 7.85. The van der Waals surface area contributed by atoms with Gasteiger partial charge in [-0.3, -0.25) is 14.5 Å². The Labute approximate surface area is 211 Å². The number of aromatic hydroxyl groups is 1. The molecule has 1 aliphatic rings. The molecule has 0 bridgehead atoms. The number of nitrogens with zero attached hydrogens (tertiary/aromatic N) is 2. The molecule has 1 atom stereocenters. The maximum atomic E-state index is 13.3. The summed E-state index contributed by atoms with van der Waals surface area (Å²) >= 11 is 0.924. The molecule has 186 valence electrons. The average Bonchev–Trinajstić information content (AvgIpc) is 3.36. The lowest BCUT2D eigenvalue weighted by Crippen LogP contribution is -2.29. The number of aromatic nitrogens is 1. The summed E-state index contributed by atoms with van der Waals surface area (Å²) in [7, 11) is 0. The van der Waals surface area contributed by atoms with E-state index < -0.39 is 23.7 Å². The van der Waals surface area contributed by atoms with E-state index in [0.29, 0.717) is 29.2 Å². The number of aliphatic hydroxyl groups excluding tert-OH is 1. The van der Waals surface area contributed by atoms with Crippen LogP contribution in [0.4, 0.5) is 5.13 Å². The lowest BCUT2D eigenvalue weighted by atomic mass is 9.95. The van der Waals surface area contributed by atoms with E-state index in [1.54, 1.807) is 50.2 Å². The first-order valence-electron chi connectivity index (χ1n) is 11.2. The quantitative estimate of drug-likeness (QED) is 0.209. The first kappa shape index (κ1) is 24.9. The minimum absolute atomic E-state index is 0.00481. The molecule has 0 aliphatic carbocycles. The summed E-state index contributed by atoms with van der Waals surface area (Å²) in [5, 5.41) is 21.2. The van der Waals surface area contributed by atoms with Crippen molar-refractivity contribution in [2.75, 3.05) is 18.1 Å². The SMILES string of the molecule is CCOC(=O)c1sc(N2C(=O)C(=O)C(=C(O)c3cccc(OCC)c3)C2c2ccc(O)cc2)nc1C. The number of amides is 1. The summed E-state index contributed by atoms with van der Waals surface area (Å²) in [6, 6.07) is 11.4. The summed E-state index contributed by atoms with van der Waals surface area (Å²) in [6.07, 6.45) is 0. The van der Waals surface area contributed by atoms with Crippen LogP contribution >= 0.6 is 11.3 Å². The van der Waals surface area contributed by atoms with Crippen LogP contribution in [0.15, 0.2) is 54.1 Å². The Kier molecular flexibility index (Phi) is 7.07. The molecule has 4 rings (SSSR count). The number of aryl methyl sites for hydroxylation is 1. The van der Waals surface area contributed by atoms with Gasteiger partial charge in [-0.1, -0.05) is 35.6 Å². The molecule has 10 heteroatoms. The van der Waals surface area contributed by atoms with Gasteiger partial charge in [-0.25, -0.2) is 9.78 Å². The normalized spacial score (nSPS) is 16.9. The molecule has 1 fully saturated rings. The maximum absolute atomic E-state index is 13.3. The van der Waals surface area contributed by atoms with Crippen LogP contribution in [0.25, 0.3) is 5.76 Å². The fourth-order valence-electron chi connectivity index (χ4n) is 3.93. The molecule has 3 aromatic rings. The van der Waals surface area contributed by atoms with Crippen LogP contribution in [-0.4, -0.2) is 46.1 Å². The summed E-state index contributed by atoms with van der Waals surface area (Å²) in [4.78, 5) is 44.7. The highest BCUT2D eigenvalue weighted by Crippen LogP contribution is 2.44. The van der Waals surface area contributed by atoms with Crippen LogP contribution in [0.2, 0.25) is 0 Å². The van der Waals surface area contributed by atoms with Crippen LogP contribution in [0.5, 0.6) is 11.5 Å². The van der Waals surface area contributed by atoms with E-state index in [1.165, 1.54) is 12.1 Å². The Morgan fingerprint density at radius 1 is 1.11 bits per heavy atom. The van der Waals surface area contributed by atoms with Crippen LogP contribution in [0, 0.1) is 6.92 Å². The number of ether oxygens (including phenoxy) is 2. The summed E-state index contributed by atoms with van der Waals surface area (Å²) in [5.74, 6) is -2.28. The fraction of sp³-hybridized carbons (Fsp3) is 0.231. The zero-order valence-corrected chi connectivity index (χ0v) is 20.7. The summed E-state index contributed by atoms with van der Waals surface area (Å²) in [5.41, 5.74) is 0.958. The number of carbonyl (C=O) groups is 3. The van der Waals surface area contributed by atoms with E-state index in [4.69, 9.17) is 9.47 Å². The first-order valence-corrected chi connectivity index (χ1v) is 12.1. The van der Waals surface area contributed by atoms with Gasteiger partial charge in [0.1, 0.15) is 22.1 Å². The van der Waals surface area contributed by atoms with Crippen molar-refractivity contribution < 1.29 is 34.1 Å². The molecular formula is C26H24N2O7S. The minimum atomic E-state index is -1.05. The van der Waals surface area contributed by atoms with Gasteiger partial charge in [0, 0.05) is 5.56 Å². The van der Waals surface area contributed by atoms with Crippen molar-refractivity contribution in [3.05, 3.63) is 75.8 Å². The van der Waals surface area contributed by atoms with Crippen molar-refractivity contribution >= 4 is 39.9 Å². The Morgan fingerprint density at radius 2 is 1.83 bits per heavy atom. The van der Waals surface area contributed by atoms with Crippen LogP contribution in [0.3, 0.4) is 0 Å².